The van der Waals surface area contributed by atoms with Crippen molar-refractivity contribution in [1.82, 2.24) is 9.78 Å². The van der Waals surface area contributed by atoms with E-state index in [9.17, 15) is 0 Å². The van der Waals surface area contributed by atoms with Crippen LogP contribution in [0.5, 0.6) is 0 Å². The molecule has 0 radical (unpaired) electrons. The van der Waals surface area contributed by atoms with Gasteiger partial charge in [-0.05, 0) is 30.7 Å². The molecule has 16 heavy (non-hydrogen) atoms. The van der Waals surface area contributed by atoms with Gasteiger partial charge in [0.15, 0.2) is 0 Å². The summed E-state index contributed by atoms with van der Waals surface area (Å²) in [4.78, 5) is 0. The second-order valence-electron chi connectivity index (χ2n) is 5.14. The minimum absolute atomic E-state index is 0.322. The highest BCUT2D eigenvalue weighted by molar-refractivity contribution is 5.06. The quantitative estimate of drug-likeness (QED) is 0.796. The second-order valence-corrected chi connectivity index (χ2v) is 5.14. The van der Waals surface area contributed by atoms with Gasteiger partial charge in [-0.1, -0.05) is 25.7 Å². The Kier molecular flexibility index (Phi) is 3.99. The van der Waals surface area contributed by atoms with Gasteiger partial charge >= 0.3 is 0 Å². The predicted octanol–water partition coefficient (Wildman–Crippen LogP) is 2.26. The molecule has 1 aromatic heterocycles. The summed E-state index contributed by atoms with van der Waals surface area (Å²) in [6.45, 7) is 0. The van der Waals surface area contributed by atoms with Crippen molar-refractivity contribution in [1.29, 1.82) is 0 Å². The van der Waals surface area contributed by atoms with Crippen molar-refractivity contribution in [2.75, 3.05) is 0 Å². The maximum absolute atomic E-state index is 6.32. The molecule has 3 heteroatoms. The van der Waals surface area contributed by atoms with Gasteiger partial charge in [0.25, 0.3) is 0 Å². The van der Waals surface area contributed by atoms with Gasteiger partial charge in [0.05, 0.1) is 6.20 Å². The van der Waals surface area contributed by atoms with Gasteiger partial charge in [-0.25, -0.2) is 0 Å². The third-order valence-electron chi connectivity index (χ3n) is 3.74. The first-order valence-electron chi connectivity index (χ1n) is 6.49. The van der Waals surface area contributed by atoms with Crippen molar-refractivity contribution in [3.8, 4) is 0 Å². The Morgan fingerprint density at radius 2 is 2.06 bits per heavy atom. The summed E-state index contributed by atoms with van der Waals surface area (Å²) in [5, 5.41) is 4.19. The van der Waals surface area contributed by atoms with E-state index in [0.29, 0.717) is 6.04 Å². The Morgan fingerprint density at radius 3 is 2.62 bits per heavy atom. The zero-order chi connectivity index (χ0) is 11.4. The molecule has 0 aliphatic heterocycles. The Hall–Kier alpha value is -0.830. The number of hydrogen-bond acceptors (Lipinski definition) is 2. The van der Waals surface area contributed by atoms with Crippen LogP contribution >= 0.6 is 0 Å². The largest absolute Gasteiger partial charge is 0.327 e. The molecule has 3 nitrogen and oxygen atoms in total. The van der Waals surface area contributed by atoms with E-state index >= 15 is 0 Å². The van der Waals surface area contributed by atoms with Crippen LogP contribution in [0.2, 0.25) is 0 Å². The molecular weight excluding hydrogens is 198 g/mol. The zero-order valence-electron chi connectivity index (χ0n) is 10.2. The van der Waals surface area contributed by atoms with Gasteiger partial charge in [-0.2, -0.15) is 5.10 Å². The highest BCUT2D eigenvalue weighted by atomic mass is 15.2. The number of hydrogen-bond donors (Lipinski definition) is 1. The number of aromatic nitrogens is 2. The Bertz CT molecular complexity index is 311. The topological polar surface area (TPSA) is 43.8 Å². The van der Waals surface area contributed by atoms with Crippen LogP contribution in [-0.4, -0.2) is 15.8 Å². The molecule has 1 fully saturated rings. The summed E-state index contributed by atoms with van der Waals surface area (Å²) < 4.78 is 1.86. The third kappa shape index (κ3) is 3.08. The van der Waals surface area contributed by atoms with Crippen LogP contribution in [0.25, 0.3) is 0 Å². The van der Waals surface area contributed by atoms with E-state index in [0.717, 1.165) is 12.3 Å². The molecule has 1 atom stereocenters. The molecule has 0 aromatic carbocycles. The summed E-state index contributed by atoms with van der Waals surface area (Å²) in [5.74, 6) is 0.725. The first-order chi connectivity index (χ1) is 7.75. The Labute approximate surface area is 98.0 Å². The van der Waals surface area contributed by atoms with Gasteiger partial charge in [0.1, 0.15) is 0 Å². The molecule has 0 saturated heterocycles. The Balaban J connectivity index is 1.88. The average molecular weight is 221 g/mol. The minimum atomic E-state index is 0.322. The number of nitrogens with two attached hydrogens (primary N) is 1. The van der Waals surface area contributed by atoms with Crippen molar-refractivity contribution in [3.05, 3.63) is 18.0 Å². The summed E-state index contributed by atoms with van der Waals surface area (Å²) in [7, 11) is 1.96. The lowest BCUT2D eigenvalue weighted by Crippen LogP contribution is -2.31. The SMILES string of the molecule is Cn1cc(CC(N)C2CCCCCC2)cn1. The maximum atomic E-state index is 6.32. The highest BCUT2D eigenvalue weighted by Crippen LogP contribution is 2.26. The van der Waals surface area contributed by atoms with Crippen LogP contribution in [0.3, 0.4) is 0 Å². The maximum Gasteiger partial charge on any atom is 0.0522 e. The van der Waals surface area contributed by atoms with Crippen LogP contribution in [-0.2, 0) is 13.5 Å². The van der Waals surface area contributed by atoms with Crippen molar-refractivity contribution >= 4 is 0 Å². The summed E-state index contributed by atoms with van der Waals surface area (Å²) in [6.07, 6.45) is 13.2. The zero-order valence-corrected chi connectivity index (χ0v) is 10.2. The fourth-order valence-corrected chi connectivity index (χ4v) is 2.76. The third-order valence-corrected chi connectivity index (χ3v) is 3.74. The monoisotopic (exact) mass is 221 g/mol. The molecule has 1 unspecified atom stereocenters. The van der Waals surface area contributed by atoms with Crippen LogP contribution in [0, 0.1) is 5.92 Å². The fraction of sp³-hybridized carbons (Fsp3) is 0.769. The first kappa shape index (κ1) is 11.6. The lowest BCUT2D eigenvalue weighted by atomic mass is 9.89. The van der Waals surface area contributed by atoms with E-state index in [4.69, 9.17) is 5.73 Å². The first-order valence-corrected chi connectivity index (χ1v) is 6.49. The summed E-state index contributed by atoms with van der Waals surface area (Å²) in [5.41, 5.74) is 7.60. The molecule has 1 heterocycles. The molecule has 0 bridgehead atoms. The van der Waals surface area contributed by atoms with Crippen molar-refractivity contribution in [3.63, 3.8) is 0 Å². The predicted molar refractivity (Wildman–Crippen MR) is 66.1 cm³/mol. The lowest BCUT2D eigenvalue weighted by molar-refractivity contribution is 0.372. The smallest absolute Gasteiger partial charge is 0.0522 e. The van der Waals surface area contributed by atoms with Gasteiger partial charge in [-0.15, -0.1) is 0 Å². The van der Waals surface area contributed by atoms with Crippen molar-refractivity contribution in [2.24, 2.45) is 18.7 Å². The summed E-state index contributed by atoms with van der Waals surface area (Å²) in [6, 6.07) is 0.322. The molecule has 2 rings (SSSR count). The van der Waals surface area contributed by atoms with Crippen LogP contribution < -0.4 is 5.73 Å². The highest BCUT2D eigenvalue weighted by Gasteiger charge is 2.19. The van der Waals surface area contributed by atoms with E-state index in [1.165, 1.54) is 44.1 Å². The van der Waals surface area contributed by atoms with Crippen molar-refractivity contribution in [2.45, 2.75) is 51.0 Å². The fourth-order valence-electron chi connectivity index (χ4n) is 2.76. The Morgan fingerprint density at radius 1 is 1.38 bits per heavy atom. The molecule has 1 aliphatic carbocycles. The molecule has 2 N–H and O–H groups in total. The van der Waals surface area contributed by atoms with Gasteiger partial charge < -0.3 is 5.73 Å². The normalized spacial score (nSPS) is 20.6. The molecule has 1 aromatic rings. The second kappa shape index (κ2) is 5.48. The average Bonchev–Trinajstić information content (AvgIpc) is 2.56. The molecule has 0 amide bonds. The summed E-state index contributed by atoms with van der Waals surface area (Å²) >= 11 is 0. The van der Waals surface area contributed by atoms with Crippen LogP contribution in [0.4, 0.5) is 0 Å². The molecular formula is C13H23N3. The molecule has 1 aliphatic rings. The van der Waals surface area contributed by atoms with E-state index < -0.39 is 0 Å². The van der Waals surface area contributed by atoms with E-state index in [-0.39, 0.29) is 0 Å². The van der Waals surface area contributed by atoms with Gasteiger partial charge in [0, 0.05) is 19.3 Å². The molecule has 90 valence electrons. The number of aryl methyl sites for hydroxylation is 1. The molecule has 0 spiro atoms. The van der Waals surface area contributed by atoms with Crippen LogP contribution in [0.1, 0.15) is 44.1 Å². The van der Waals surface area contributed by atoms with Crippen molar-refractivity contribution < 1.29 is 0 Å². The van der Waals surface area contributed by atoms with E-state index in [1.54, 1.807) is 0 Å². The standard InChI is InChI=1S/C13H23N3/c1-16-10-11(9-15-16)8-13(14)12-6-4-2-3-5-7-12/h9-10,12-13H,2-8,14H2,1H3. The van der Waals surface area contributed by atoms with Gasteiger partial charge in [-0.3, -0.25) is 4.68 Å². The van der Waals surface area contributed by atoms with E-state index in [1.807, 2.05) is 17.9 Å². The van der Waals surface area contributed by atoms with Crippen LogP contribution in [0.15, 0.2) is 12.4 Å². The number of nitrogens with zero attached hydrogens (tertiary/aromatic N) is 2. The van der Waals surface area contributed by atoms with E-state index in [2.05, 4.69) is 11.3 Å². The number of rotatable bonds is 3. The minimum Gasteiger partial charge on any atom is -0.327 e. The lowest BCUT2D eigenvalue weighted by Gasteiger charge is -2.21. The molecule has 1 saturated carbocycles. The van der Waals surface area contributed by atoms with Gasteiger partial charge in [0.2, 0.25) is 0 Å².